The van der Waals surface area contributed by atoms with Crippen LogP contribution in [0.4, 0.5) is 0 Å². The molecular formula is C32H41ClN4O4S. The van der Waals surface area contributed by atoms with E-state index < -0.39 is 5.79 Å². The maximum absolute atomic E-state index is 13.3. The van der Waals surface area contributed by atoms with E-state index in [1.54, 1.807) is 6.07 Å². The summed E-state index contributed by atoms with van der Waals surface area (Å²) in [6.45, 7) is 10.6. The van der Waals surface area contributed by atoms with Gasteiger partial charge in [-0.1, -0.05) is 17.2 Å². The zero-order valence-electron chi connectivity index (χ0n) is 25.0. The third-order valence-electron chi connectivity index (χ3n) is 9.45. The van der Waals surface area contributed by atoms with Crippen LogP contribution in [0.5, 0.6) is 11.5 Å². The summed E-state index contributed by atoms with van der Waals surface area (Å²) in [5.74, 6) is 0.0940. The highest BCUT2D eigenvalue weighted by atomic mass is 35.5. The number of hydrogen-bond acceptors (Lipinski definition) is 7. The minimum Gasteiger partial charge on any atom is -0.448 e. The molecule has 0 unspecified atom stereocenters. The Morgan fingerprint density at radius 3 is 2.55 bits per heavy atom. The van der Waals surface area contributed by atoms with Gasteiger partial charge < -0.3 is 24.7 Å². The van der Waals surface area contributed by atoms with Gasteiger partial charge in [0.15, 0.2) is 11.5 Å². The number of allylic oxidation sites excluding steroid dienone is 1. The number of rotatable bonds is 7. The second kappa shape index (κ2) is 11.8. The van der Waals surface area contributed by atoms with Gasteiger partial charge in [0, 0.05) is 65.8 Å². The second-order valence-electron chi connectivity index (χ2n) is 12.3. The zero-order valence-corrected chi connectivity index (χ0v) is 26.6. The SMILES string of the molecule is CSc1cc(C)[nH]c(=O)c1CNC(=O)c1cc(Cl)c2c(c1C)O[C@@](C)(C1CCC(=CN3CC(N4CCCC4)C3)CC1)O2. The summed E-state index contributed by atoms with van der Waals surface area (Å²) in [6.07, 6.45) is 11.0. The predicted octanol–water partition coefficient (Wildman–Crippen LogP) is 5.64. The summed E-state index contributed by atoms with van der Waals surface area (Å²) >= 11 is 8.15. The molecule has 1 aromatic heterocycles. The van der Waals surface area contributed by atoms with E-state index in [4.69, 9.17) is 21.1 Å². The van der Waals surface area contributed by atoms with Gasteiger partial charge in [-0.3, -0.25) is 14.5 Å². The second-order valence-corrected chi connectivity index (χ2v) is 13.6. The van der Waals surface area contributed by atoms with Gasteiger partial charge in [0.1, 0.15) is 0 Å². The molecule has 226 valence electrons. The Balaban J connectivity index is 1.09. The smallest absolute Gasteiger partial charge is 0.254 e. The molecule has 0 radical (unpaired) electrons. The number of nitrogens with zero attached hydrogens (tertiary/aromatic N) is 2. The number of hydrogen-bond donors (Lipinski definition) is 2. The van der Waals surface area contributed by atoms with Gasteiger partial charge in [-0.25, -0.2) is 0 Å². The number of carbonyl (C=O) groups is 1. The lowest BCUT2D eigenvalue weighted by Crippen LogP contribution is -2.56. The Morgan fingerprint density at radius 2 is 1.86 bits per heavy atom. The van der Waals surface area contributed by atoms with Crippen LogP contribution in [0.1, 0.15) is 72.6 Å². The summed E-state index contributed by atoms with van der Waals surface area (Å²) in [5.41, 5.74) is 3.72. The number of thioether (sulfide) groups is 1. The average Bonchev–Trinajstić information content (AvgIpc) is 3.61. The number of nitrogens with one attached hydrogen (secondary N) is 2. The fraction of sp³-hybridized carbons (Fsp3) is 0.562. The molecule has 1 saturated carbocycles. The molecule has 2 aromatic rings. The number of ether oxygens (including phenoxy) is 2. The molecule has 42 heavy (non-hydrogen) atoms. The van der Waals surface area contributed by atoms with Crippen molar-refractivity contribution in [2.24, 2.45) is 5.92 Å². The Morgan fingerprint density at radius 1 is 1.17 bits per heavy atom. The Hall–Kier alpha value is -2.62. The van der Waals surface area contributed by atoms with Crippen molar-refractivity contribution in [2.75, 3.05) is 32.4 Å². The van der Waals surface area contributed by atoms with E-state index in [0.717, 1.165) is 55.4 Å². The van der Waals surface area contributed by atoms with Crippen molar-refractivity contribution in [3.05, 3.63) is 61.7 Å². The molecule has 1 aliphatic carbocycles. The first-order chi connectivity index (χ1) is 20.1. The highest BCUT2D eigenvalue weighted by molar-refractivity contribution is 7.98. The monoisotopic (exact) mass is 612 g/mol. The normalized spacial score (nSPS) is 24.2. The third-order valence-corrected chi connectivity index (χ3v) is 10.5. The van der Waals surface area contributed by atoms with E-state index in [0.29, 0.717) is 33.2 Å². The molecular weight excluding hydrogens is 572 g/mol. The van der Waals surface area contributed by atoms with Crippen molar-refractivity contribution in [3.63, 3.8) is 0 Å². The molecule has 0 bridgehead atoms. The molecule has 4 heterocycles. The topological polar surface area (TPSA) is 86.9 Å². The molecule has 10 heteroatoms. The molecule has 8 nitrogen and oxygen atoms in total. The number of halogens is 1. The quantitative estimate of drug-likeness (QED) is 0.392. The molecule has 0 spiro atoms. The maximum atomic E-state index is 13.3. The lowest BCUT2D eigenvalue weighted by Gasteiger charge is -2.44. The molecule has 2 N–H and O–H groups in total. The number of amides is 1. The van der Waals surface area contributed by atoms with Crippen molar-refractivity contribution in [2.45, 2.75) is 82.6 Å². The van der Waals surface area contributed by atoms with Crippen LogP contribution in [-0.2, 0) is 6.54 Å². The van der Waals surface area contributed by atoms with Crippen molar-refractivity contribution >= 4 is 29.3 Å². The zero-order chi connectivity index (χ0) is 29.6. The summed E-state index contributed by atoms with van der Waals surface area (Å²) < 4.78 is 12.9. The van der Waals surface area contributed by atoms with Crippen molar-refractivity contribution in [1.29, 1.82) is 0 Å². The fourth-order valence-electron chi connectivity index (χ4n) is 6.88. The minimum absolute atomic E-state index is 0.113. The van der Waals surface area contributed by atoms with Crippen LogP contribution in [0.3, 0.4) is 0 Å². The van der Waals surface area contributed by atoms with Crippen LogP contribution in [-0.4, -0.2) is 65.0 Å². The largest absolute Gasteiger partial charge is 0.448 e. The van der Waals surface area contributed by atoms with Crippen LogP contribution in [0.15, 0.2) is 33.6 Å². The summed E-state index contributed by atoms with van der Waals surface area (Å²) in [7, 11) is 0. The summed E-state index contributed by atoms with van der Waals surface area (Å²) in [6, 6.07) is 4.28. The first kappa shape index (κ1) is 29.5. The van der Waals surface area contributed by atoms with E-state index in [2.05, 4.69) is 26.3 Å². The number of carbonyl (C=O) groups excluding carboxylic acids is 1. The van der Waals surface area contributed by atoms with Crippen LogP contribution in [0, 0.1) is 19.8 Å². The van der Waals surface area contributed by atoms with Gasteiger partial charge in [0.2, 0.25) is 0 Å². The molecule has 6 rings (SSSR count). The first-order valence-electron chi connectivity index (χ1n) is 15.1. The van der Waals surface area contributed by atoms with Crippen LogP contribution in [0.2, 0.25) is 5.02 Å². The van der Waals surface area contributed by atoms with Crippen LogP contribution in [0.25, 0.3) is 0 Å². The van der Waals surface area contributed by atoms with Gasteiger partial charge in [0.05, 0.1) is 5.02 Å². The number of pyridine rings is 1. The standard InChI is InChI=1S/C32H41ClN4O4S/c1-19-13-27(42-4)25(31(39)35-19)15-34-30(38)24-14-26(33)29-28(20(24)2)40-32(3,41-29)22-9-7-21(8-10-22)16-36-17-23(18-36)37-11-5-6-12-37/h13-14,16,22-23H,5-12,15,17-18H2,1-4H3,(H,34,38)(H,35,39)/t22?,32-/m1/s1. The molecule has 1 aromatic carbocycles. The first-order valence-corrected chi connectivity index (χ1v) is 16.7. The van der Waals surface area contributed by atoms with E-state index in [1.165, 1.54) is 43.3 Å². The average molecular weight is 613 g/mol. The molecule has 3 fully saturated rings. The highest BCUT2D eigenvalue weighted by Crippen LogP contribution is 2.52. The molecule has 4 aliphatic rings. The van der Waals surface area contributed by atoms with E-state index in [9.17, 15) is 9.59 Å². The lowest BCUT2D eigenvalue weighted by molar-refractivity contribution is -0.117. The van der Waals surface area contributed by atoms with E-state index in [-0.39, 0.29) is 23.9 Å². The number of fused-ring (bicyclic) bond motifs is 1. The van der Waals surface area contributed by atoms with Gasteiger partial charge in [-0.2, -0.15) is 0 Å². The fourth-order valence-corrected chi connectivity index (χ4v) is 7.82. The predicted molar refractivity (Wildman–Crippen MR) is 167 cm³/mol. The lowest BCUT2D eigenvalue weighted by atomic mass is 9.81. The summed E-state index contributed by atoms with van der Waals surface area (Å²) in [5, 5.41) is 3.25. The molecule has 2 saturated heterocycles. The van der Waals surface area contributed by atoms with Crippen LogP contribution < -0.4 is 20.3 Å². The Labute approximate surface area is 257 Å². The van der Waals surface area contributed by atoms with E-state index in [1.807, 2.05) is 33.1 Å². The van der Waals surface area contributed by atoms with Crippen molar-refractivity contribution < 1.29 is 14.3 Å². The van der Waals surface area contributed by atoms with Gasteiger partial charge in [-0.05, 0) is 90.1 Å². The van der Waals surface area contributed by atoms with Crippen molar-refractivity contribution in [3.8, 4) is 11.5 Å². The number of benzene rings is 1. The van der Waals surface area contributed by atoms with Gasteiger partial charge >= 0.3 is 0 Å². The van der Waals surface area contributed by atoms with Crippen LogP contribution >= 0.6 is 23.4 Å². The maximum Gasteiger partial charge on any atom is 0.254 e. The summed E-state index contributed by atoms with van der Waals surface area (Å²) in [4.78, 5) is 34.6. The number of aryl methyl sites for hydroxylation is 1. The molecule has 3 aliphatic heterocycles. The Kier molecular flexibility index (Phi) is 8.28. The number of H-pyrrole nitrogens is 1. The van der Waals surface area contributed by atoms with Gasteiger partial charge in [0.25, 0.3) is 17.3 Å². The molecule has 1 atom stereocenters. The van der Waals surface area contributed by atoms with Crippen molar-refractivity contribution in [1.82, 2.24) is 20.1 Å². The molecule has 1 amide bonds. The minimum atomic E-state index is -0.836. The third kappa shape index (κ3) is 5.67. The van der Waals surface area contributed by atoms with E-state index >= 15 is 0 Å². The van der Waals surface area contributed by atoms with Gasteiger partial charge in [-0.15, -0.1) is 11.8 Å². The number of aromatic amines is 1. The number of aromatic nitrogens is 1. The number of likely N-dealkylation sites (tertiary alicyclic amines) is 2. The highest BCUT2D eigenvalue weighted by Gasteiger charge is 2.47. The Bertz CT molecular complexity index is 1450.